The van der Waals surface area contributed by atoms with E-state index < -0.39 is 0 Å². The average Bonchev–Trinajstić information content (AvgIpc) is 2.67. The van der Waals surface area contributed by atoms with Gasteiger partial charge in [-0.25, -0.2) is 4.98 Å². The van der Waals surface area contributed by atoms with Crippen LogP contribution in [-0.2, 0) is 13.5 Å². The molecule has 2 fully saturated rings. The Morgan fingerprint density at radius 2 is 2.25 bits per heavy atom. The summed E-state index contributed by atoms with van der Waals surface area (Å²) < 4.78 is 1.92. The van der Waals surface area contributed by atoms with Crippen molar-refractivity contribution in [1.82, 2.24) is 20.1 Å². The summed E-state index contributed by atoms with van der Waals surface area (Å²) in [6, 6.07) is 0. The lowest BCUT2D eigenvalue weighted by Gasteiger charge is -2.30. The van der Waals surface area contributed by atoms with Crippen LogP contribution in [0.5, 0.6) is 0 Å². The maximum atomic E-state index is 4.37. The van der Waals surface area contributed by atoms with Crippen LogP contribution in [0.25, 0.3) is 0 Å². The standard InChI is InChI=1S/C12H20N4/c1-13-7-12(4-9-3-10(9)5-12)6-11-14-8-15-16(11)2/h8-10,13H,3-7H2,1-2H3. The van der Waals surface area contributed by atoms with Gasteiger partial charge >= 0.3 is 0 Å². The molecule has 0 amide bonds. The van der Waals surface area contributed by atoms with Crippen molar-refractivity contribution in [1.29, 1.82) is 0 Å². The second-order valence-electron chi connectivity index (χ2n) is 5.67. The Kier molecular flexibility index (Phi) is 2.28. The lowest BCUT2D eigenvalue weighted by molar-refractivity contribution is 0.247. The Morgan fingerprint density at radius 3 is 2.81 bits per heavy atom. The molecule has 1 heterocycles. The zero-order chi connectivity index (χ0) is 11.2. The molecule has 1 aromatic rings. The Labute approximate surface area is 96.4 Å². The number of aromatic nitrogens is 3. The molecule has 2 saturated carbocycles. The van der Waals surface area contributed by atoms with E-state index in [4.69, 9.17) is 0 Å². The van der Waals surface area contributed by atoms with Crippen LogP contribution >= 0.6 is 0 Å². The summed E-state index contributed by atoms with van der Waals surface area (Å²) in [5, 5.41) is 7.53. The Hall–Kier alpha value is -0.900. The van der Waals surface area contributed by atoms with Gasteiger partial charge in [0.25, 0.3) is 0 Å². The minimum atomic E-state index is 0.448. The van der Waals surface area contributed by atoms with Crippen molar-refractivity contribution < 1.29 is 0 Å². The summed E-state index contributed by atoms with van der Waals surface area (Å²) in [4.78, 5) is 4.37. The molecule has 0 aromatic carbocycles. The van der Waals surface area contributed by atoms with E-state index in [9.17, 15) is 0 Å². The number of hydrogen-bond acceptors (Lipinski definition) is 3. The SMILES string of the molecule is CNCC1(Cc2ncnn2C)CC2CC2C1. The molecule has 0 bridgehead atoms. The molecule has 0 radical (unpaired) electrons. The molecule has 0 aliphatic heterocycles. The van der Waals surface area contributed by atoms with E-state index in [1.807, 2.05) is 11.7 Å². The van der Waals surface area contributed by atoms with Crippen molar-refractivity contribution in [3.8, 4) is 0 Å². The van der Waals surface area contributed by atoms with Gasteiger partial charge in [0.15, 0.2) is 0 Å². The van der Waals surface area contributed by atoms with E-state index in [0.29, 0.717) is 5.41 Å². The van der Waals surface area contributed by atoms with Crippen LogP contribution < -0.4 is 5.32 Å². The predicted molar refractivity (Wildman–Crippen MR) is 61.9 cm³/mol. The number of nitrogens with one attached hydrogen (secondary N) is 1. The van der Waals surface area contributed by atoms with Crippen molar-refractivity contribution in [3.63, 3.8) is 0 Å². The largest absolute Gasteiger partial charge is 0.319 e. The highest BCUT2D eigenvalue weighted by Crippen LogP contribution is 2.60. The van der Waals surface area contributed by atoms with Crippen molar-refractivity contribution in [2.24, 2.45) is 24.3 Å². The lowest BCUT2D eigenvalue weighted by Crippen LogP contribution is -2.34. The molecule has 2 aliphatic carbocycles. The first kappa shape index (κ1) is 10.3. The van der Waals surface area contributed by atoms with Gasteiger partial charge in [-0.1, -0.05) is 0 Å². The first-order valence-electron chi connectivity index (χ1n) is 6.20. The highest BCUT2D eigenvalue weighted by atomic mass is 15.3. The van der Waals surface area contributed by atoms with Crippen LogP contribution in [0.15, 0.2) is 6.33 Å². The summed E-state index contributed by atoms with van der Waals surface area (Å²) in [7, 11) is 4.05. The molecule has 0 saturated heterocycles. The average molecular weight is 220 g/mol. The van der Waals surface area contributed by atoms with Crippen LogP contribution in [0.1, 0.15) is 25.1 Å². The second-order valence-corrected chi connectivity index (χ2v) is 5.67. The van der Waals surface area contributed by atoms with E-state index in [1.54, 1.807) is 6.33 Å². The Balaban J connectivity index is 1.77. The van der Waals surface area contributed by atoms with E-state index in [1.165, 1.54) is 19.3 Å². The summed E-state index contributed by atoms with van der Waals surface area (Å²) in [5.41, 5.74) is 0.448. The zero-order valence-electron chi connectivity index (χ0n) is 10.1. The first-order valence-corrected chi connectivity index (χ1v) is 6.20. The number of nitrogens with zero attached hydrogens (tertiary/aromatic N) is 3. The topological polar surface area (TPSA) is 42.7 Å². The van der Waals surface area contributed by atoms with Crippen LogP contribution in [0, 0.1) is 17.3 Å². The number of aryl methyl sites for hydroxylation is 1. The lowest BCUT2D eigenvalue weighted by atomic mass is 9.79. The molecule has 2 atom stereocenters. The molecule has 1 N–H and O–H groups in total. The molecule has 3 rings (SSSR count). The molecular weight excluding hydrogens is 200 g/mol. The molecule has 16 heavy (non-hydrogen) atoms. The van der Waals surface area contributed by atoms with Gasteiger partial charge in [0.1, 0.15) is 12.2 Å². The highest BCUT2D eigenvalue weighted by molar-refractivity contribution is 5.07. The minimum Gasteiger partial charge on any atom is -0.319 e. The van der Waals surface area contributed by atoms with E-state index in [-0.39, 0.29) is 0 Å². The summed E-state index contributed by atoms with van der Waals surface area (Å²) in [6.07, 6.45) is 6.98. The third kappa shape index (κ3) is 1.65. The fourth-order valence-corrected chi connectivity index (χ4v) is 3.55. The maximum absolute atomic E-state index is 4.37. The molecule has 88 valence electrons. The summed E-state index contributed by atoms with van der Waals surface area (Å²) in [5.74, 6) is 3.17. The van der Waals surface area contributed by atoms with Gasteiger partial charge in [-0.2, -0.15) is 5.10 Å². The molecule has 1 aromatic heterocycles. The molecular formula is C12H20N4. The van der Waals surface area contributed by atoms with Crippen molar-refractivity contribution in [3.05, 3.63) is 12.2 Å². The Bertz CT molecular complexity index is 374. The number of rotatable bonds is 4. The fraction of sp³-hybridized carbons (Fsp3) is 0.833. The third-order valence-corrected chi connectivity index (χ3v) is 4.35. The van der Waals surface area contributed by atoms with Crippen LogP contribution in [0.2, 0.25) is 0 Å². The first-order chi connectivity index (χ1) is 7.72. The molecule has 2 aliphatic rings. The van der Waals surface area contributed by atoms with Gasteiger partial charge in [0.2, 0.25) is 0 Å². The highest BCUT2D eigenvalue weighted by Gasteiger charge is 2.53. The van der Waals surface area contributed by atoms with E-state index in [0.717, 1.165) is 30.6 Å². The number of fused-ring (bicyclic) bond motifs is 1. The normalized spacial score (nSPS) is 36.4. The predicted octanol–water partition coefficient (Wildman–Crippen LogP) is 0.993. The smallest absolute Gasteiger partial charge is 0.138 e. The van der Waals surface area contributed by atoms with Gasteiger partial charge in [0.05, 0.1) is 0 Å². The monoisotopic (exact) mass is 220 g/mol. The van der Waals surface area contributed by atoms with Crippen LogP contribution in [-0.4, -0.2) is 28.4 Å². The van der Waals surface area contributed by atoms with E-state index in [2.05, 4.69) is 22.4 Å². The van der Waals surface area contributed by atoms with Gasteiger partial charge in [0, 0.05) is 20.0 Å². The maximum Gasteiger partial charge on any atom is 0.138 e. The Morgan fingerprint density at radius 1 is 1.50 bits per heavy atom. The van der Waals surface area contributed by atoms with Crippen molar-refractivity contribution in [2.75, 3.05) is 13.6 Å². The molecule has 4 heteroatoms. The van der Waals surface area contributed by atoms with Gasteiger partial charge in [-0.3, -0.25) is 4.68 Å². The number of hydrogen-bond donors (Lipinski definition) is 1. The second kappa shape index (κ2) is 3.55. The van der Waals surface area contributed by atoms with E-state index >= 15 is 0 Å². The molecule has 4 nitrogen and oxygen atoms in total. The van der Waals surface area contributed by atoms with Gasteiger partial charge < -0.3 is 5.32 Å². The van der Waals surface area contributed by atoms with Crippen molar-refractivity contribution in [2.45, 2.75) is 25.7 Å². The minimum absolute atomic E-state index is 0.448. The zero-order valence-corrected chi connectivity index (χ0v) is 10.1. The van der Waals surface area contributed by atoms with Crippen LogP contribution in [0.3, 0.4) is 0 Å². The molecule has 2 unspecified atom stereocenters. The summed E-state index contributed by atoms with van der Waals surface area (Å²) >= 11 is 0. The van der Waals surface area contributed by atoms with Gasteiger partial charge in [-0.15, -0.1) is 0 Å². The third-order valence-electron chi connectivity index (χ3n) is 4.35. The van der Waals surface area contributed by atoms with Crippen molar-refractivity contribution >= 4 is 0 Å². The summed E-state index contributed by atoms with van der Waals surface area (Å²) in [6.45, 7) is 1.12. The molecule has 0 spiro atoms. The van der Waals surface area contributed by atoms with Crippen LogP contribution in [0.4, 0.5) is 0 Å². The fourth-order valence-electron chi connectivity index (χ4n) is 3.55. The quantitative estimate of drug-likeness (QED) is 0.823. The van der Waals surface area contributed by atoms with Gasteiger partial charge in [-0.05, 0) is 43.6 Å².